The molecule has 1 heteroatoms. The predicted molar refractivity (Wildman–Crippen MR) is 74.7 cm³/mol. The van der Waals surface area contributed by atoms with E-state index in [2.05, 4.69) is 58.9 Å². The molecule has 0 bridgehead atoms. The van der Waals surface area contributed by atoms with Crippen molar-refractivity contribution in [3.8, 4) is 0 Å². The van der Waals surface area contributed by atoms with E-state index in [1.165, 1.54) is 12.0 Å². The summed E-state index contributed by atoms with van der Waals surface area (Å²) in [5, 5.41) is 0. The van der Waals surface area contributed by atoms with E-state index in [-0.39, 0.29) is 0 Å². The summed E-state index contributed by atoms with van der Waals surface area (Å²) in [5.74, 6) is 0.783. The van der Waals surface area contributed by atoms with Crippen LogP contribution in [-0.4, -0.2) is 4.32 Å². The maximum Gasteiger partial charge on any atom is 0.0327 e. The number of rotatable bonds is 5. The molecule has 2 rings (SSSR count). The topological polar surface area (TPSA) is 0 Å². The molecular weight excluding hydrogens is 260 g/mol. The predicted octanol–water partition coefficient (Wildman–Crippen LogP) is 4.82. The van der Waals surface area contributed by atoms with Crippen molar-refractivity contribution >= 4 is 22.0 Å². The lowest BCUT2D eigenvalue weighted by atomic mass is 10.1. The first kappa shape index (κ1) is 11.7. The van der Waals surface area contributed by atoms with Crippen molar-refractivity contribution < 1.29 is 0 Å². The van der Waals surface area contributed by atoms with Crippen LogP contribution in [0.15, 0.2) is 49.1 Å². The fraction of sp³-hybridized carbons (Fsp3) is 0.333. The Labute approximate surface area is 106 Å². The van der Waals surface area contributed by atoms with E-state index < -0.39 is 0 Å². The minimum atomic E-state index is 0.354. The van der Waals surface area contributed by atoms with Crippen LogP contribution < -0.4 is 0 Å². The monoisotopic (exact) mass is 276 g/mol. The summed E-state index contributed by atoms with van der Waals surface area (Å²) in [6, 6.07) is 10.4. The Balaban J connectivity index is 1.85. The summed E-state index contributed by atoms with van der Waals surface area (Å²) >= 11 is 3.83. The highest BCUT2D eigenvalue weighted by Crippen LogP contribution is 2.55. The van der Waals surface area contributed by atoms with Gasteiger partial charge < -0.3 is 0 Å². The van der Waals surface area contributed by atoms with Gasteiger partial charge in [-0.2, -0.15) is 0 Å². The molecule has 0 aromatic heterocycles. The van der Waals surface area contributed by atoms with Crippen LogP contribution in [0.4, 0.5) is 0 Å². The fourth-order valence-corrected chi connectivity index (χ4v) is 2.82. The molecule has 1 saturated carbocycles. The maximum absolute atomic E-state index is 3.83. The molecule has 84 valence electrons. The lowest BCUT2D eigenvalue weighted by Gasteiger charge is -2.03. The summed E-state index contributed by atoms with van der Waals surface area (Å²) in [6.45, 7) is 3.80. The zero-order valence-electron chi connectivity index (χ0n) is 9.40. The van der Waals surface area contributed by atoms with Gasteiger partial charge in [-0.1, -0.05) is 64.5 Å². The second kappa shape index (κ2) is 5.01. The van der Waals surface area contributed by atoms with E-state index in [9.17, 15) is 0 Å². The highest BCUT2D eigenvalue weighted by molar-refractivity contribution is 9.10. The third kappa shape index (κ3) is 2.85. The average molecular weight is 277 g/mol. The summed E-state index contributed by atoms with van der Waals surface area (Å²) in [5.41, 5.74) is 1.28. The first-order valence-electron chi connectivity index (χ1n) is 5.76. The summed E-state index contributed by atoms with van der Waals surface area (Å²) in [7, 11) is 0. The van der Waals surface area contributed by atoms with Crippen molar-refractivity contribution in [1.29, 1.82) is 0 Å². The molecule has 1 aromatic rings. The smallest absolute Gasteiger partial charge is 0.0327 e. The molecule has 2 unspecified atom stereocenters. The minimum Gasteiger partial charge on any atom is -0.103 e. The van der Waals surface area contributed by atoms with Crippen molar-refractivity contribution in [2.45, 2.75) is 23.6 Å². The van der Waals surface area contributed by atoms with Gasteiger partial charge in [0.05, 0.1) is 0 Å². The van der Waals surface area contributed by atoms with E-state index in [0.717, 1.165) is 18.8 Å². The van der Waals surface area contributed by atoms with E-state index in [4.69, 9.17) is 0 Å². The van der Waals surface area contributed by atoms with Gasteiger partial charge in [0, 0.05) is 4.32 Å². The first-order valence-corrected chi connectivity index (χ1v) is 6.55. The van der Waals surface area contributed by atoms with Crippen molar-refractivity contribution in [1.82, 2.24) is 0 Å². The van der Waals surface area contributed by atoms with Crippen molar-refractivity contribution in [2.24, 2.45) is 5.92 Å². The maximum atomic E-state index is 3.83. The number of benzene rings is 1. The van der Waals surface area contributed by atoms with Crippen molar-refractivity contribution in [3.63, 3.8) is 0 Å². The van der Waals surface area contributed by atoms with Gasteiger partial charge >= 0.3 is 0 Å². The molecule has 1 aromatic carbocycles. The molecule has 0 nitrogen and oxygen atoms in total. The normalized spacial score (nSPS) is 28.2. The van der Waals surface area contributed by atoms with Gasteiger partial charge in [-0.3, -0.25) is 0 Å². The van der Waals surface area contributed by atoms with Crippen LogP contribution in [0.1, 0.15) is 24.8 Å². The lowest BCUT2D eigenvalue weighted by molar-refractivity contribution is 0.769. The Kier molecular flexibility index (Phi) is 3.65. The molecule has 1 aliphatic carbocycles. The van der Waals surface area contributed by atoms with E-state index >= 15 is 0 Å². The van der Waals surface area contributed by atoms with Crippen LogP contribution in [0.5, 0.6) is 0 Å². The molecule has 2 atom stereocenters. The lowest BCUT2D eigenvalue weighted by Crippen LogP contribution is -1.98. The quantitative estimate of drug-likeness (QED) is 0.534. The van der Waals surface area contributed by atoms with Crippen LogP contribution in [0.3, 0.4) is 0 Å². The Bertz CT molecular complexity index is 380. The zero-order valence-corrected chi connectivity index (χ0v) is 11.0. The Morgan fingerprint density at radius 1 is 1.38 bits per heavy atom. The van der Waals surface area contributed by atoms with Gasteiger partial charge in [0.25, 0.3) is 0 Å². The fourth-order valence-electron chi connectivity index (χ4n) is 2.05. The number of allylic oxidation sites excluding steroid dienone is 2. The second-order valence-electron chi connectivity index (χ2n) is 4.48. The van der Waals surface area contributed by atoms with Gasteiger partial charge in [-0.25, -0.2) is 0 Å². The Morgan fingerprint density at radius 3 is 2.81 bits per heavy atom. The van der Waals surface area contributed by atoms with E-state index in [1.807, 2.05) is 12.1 Å². The second-order valence-corrected chi connectivity index (χ2v) is 6.06. The largest absolute Gasteiger partial charge is 0.103 e. The first-order chi connectivity index (χ1) is 7.74. The van der Waals surface area contributed by atoms with Crippen LogP contribution in [0.25, 0.3) is 6.08 Å². The van der Waals surface area contributed by atoms with E-state index in [1.54, 1.807) is 0 Å². The van der Waals surface area contributed by atoms with Gasteiger partial charge in [-0.05, 0) is 30.7 Å². The van der Waals surface area contributed by atoms with Crippen molar-refractivity contribution in [2.75, 3.05) is 0 Å². The van der Waals surface area contributed by atoms with Gasteiger partial charge in [-0.15, -0.1) is 6.58 Å². The standard InChI is InChI=1S/C15H17Br/c1-2-7-14-12-15(14,16)11-6-10-13-8-4-3-5-9-13/h2-6,8-10,14H,1,7,11-12H2. The molecule has 0 aliphatic heterocycles. The van der Waals surface area contributed by atoms with Crippen LogP contribution in [0, 0.1) is 5.92 Å². The molecule has 0 radical (unpaired) electrons. The van der Waals surface area contributed by atoms with Gasteiger partial charge in [0.15, 0.2) is 0 Å². The Hall–Kier alpha value is -0.820. The van der Waals surface area contributed by atoms with Crippen LogP contribution in [-0.2, 0) is 0 Å². The summed E-state index contributed by atoms with van der Waals surface area (Å²) in [6.07, 6.45) is 10.0. The van der Waals surface area contributed by atoms with Crippen LogP contribution >= 0.6 is 15.9 Å². The Morgan fingerprint density at radius 2 is 2.12 bits per heavy atom. The highest BCUT2D eigenvalue weighted by Gasteiger charge is 2.49. The van der Waals surface area contributed by atoms with Gasteiger partial charge in [0.1, 0.15) is 0 Å². The molecule has 0 N–H and O–H groups in total. The third-order valence-corrected chi connectivity index (χ3v) is 4.47. The van der Waals surface area contributed by atoms with Crippen LogP contribution in [0.2, 0.25) is 0 Å². The molecule has 1 aliphatic rings. The number of alkyl halides is 1. The van der Waals surface area contributed by atoms with Crippen molar-refractivity contribution in [3.05, 3.63) is 54.6 Å². The van der Waals surface area contributed by atoms with E-state index in [0.29, 0.717) is 4.32 Å². The summed E-state index contributed by atoms with van der Waals surface area (Å²) < 4.78 is 0.354. The number of hydrogen-bond acceptors (Lipinski definition) is 0. The zero-order chi connectivity index (χ0) is 11.4. The molecule has 0 amide bonds. The molecular formula is C15H17Br. The molecule has 0 saturated heterocycles. The number of hydrogen-bond donors (Lipinski definition) is 0. The average Bonchev–Trinajstić information content (AvgIpc) is 2.91. The molecule has 16 heavy (non-hydrogen) atoms. The summed E-state index contributed by atoms with van der Waals surface area (Å²) in [4.78, 5) is 0. The minimum absolute atomic E-state index is 0.354. The molecule has 1 fully saturated rings. The highest BCUT2D eigenvalue weighted by atomic mass is 79.9. The molecule has 0 heterocycles. The van der Waals surface area contributed by atoms with Gasteiger partial charge in [0.2, 0.25) is 0 Å². The number of halogens is 1. The SMILES string of the molecule is C=CCC1CC1(Br)CC=Cc1ccccc1. The molecule has 0 spiro atoms. The third-order valence-electron chi connectivity index (χ3n) is 3.18.